The molecule has 112 valence electrons. The van der Waals surface area contributed by atoms with Crippen LogP contribution in [0.2, 0.25) is 0 Å². The van der Waals surface area contributed by atoms with E-state index in [-0.39, 0.29) is 23.4 Å². The van der Waals surface area contributed by atoms with Gasteiger partial charge in [-0.25, -0.2) is 4.79 Å². The maximum absolute atomic E-state index is 11.9. The average molecular weight is 291 g/mol. The van der Waals surface area contributed by atoms with Gasteiger partial charge in [-0.3, -0.25) is 14.9 Å². The lowest BCUT2D eigenvalue weighted by atomic mass is 10.1. The predicted octanol–water partition coefficient (Wildman–Crippen LogP) is 2.91. The number of Topliss-reactive ketones (excluding diaryl/α,β-unsaturated/α-hetero) is 1. The average Bonchev–Trinajstić information content (AvgIpc) is 2.44. The Bertz CT molecular complexity index is 577. The number of esters is 1. The van der Waals surface area contributed by atoms with Crippen LogP contribution in [0.5, 0.6) is 0 Å². The molecule has 0 spiro atoms. The summed E-state index contributed by atoms with van der Waals surface area (Å²) < 4.78 is 4.98. The van der Waals surface area contributed by atoms with E-state index in [1.54, 1.807) is 6.07 Å². The van der Waals surface area contributed by atoms with E-state index in [0.29, 0.717) is 6.42 Å². The van der Waals surface area contributed by atoms with Crippen molar-refractivity contribution in [2.45, 2.75) is 26.7 Å². The Labute approximate surface area is 122 Å². The first kappa shape index (κ1) is 16.6. The number of hydrogen-bond donors (Lipinski definition) is 0. The first-order chi connectivity index (χ1) is 9.97. The number of nitro benzene ring substituents is 1. The monoisotopic (exact) mass is 291 g/mol. The Morgan fingerprint density at radius 2 is 2.00 bits per heavy atom. The molecule has 0 unspecified atom stereocenters. The lowest BCUT2D eigenvalue weighted by Crippen LogP contribution is -2.14. The van der Waals surface area contributed by atoms with Crippen LogP contribution in [0.4, 0.5) is 5.69 Å². The van der Waals surface area contributed by atoms with Gasteiger partial charge in [-0.1, -0.05) is 25.5 Å². The van der Waals surface area contributed by atoms with Gasteiger partial charge in [0, 0.05) is 6.07 Å². The third-order valence-electron chi connectivity index (χ3n) is 2.76. The summed E-state index contributed by atoms with van der Waals surface area (Å²) in [5, 5.41) is 10.9. The second-order valence-electron chi connectivity index (χ2n) is 4.42. The molecule has 0 saturated carbocycles. The van der Waals surface area contributed by atoms with Crippen molar-refractivity contribution in [3.05, 3.63) is 45.5 Å². The number of carbonyl (C=O) groups is 2. The van der Waals surface area contributed by atoms with Crippen molar-refractivity contribution in [3.63, 3.8) is 0 Å². The first-order valence-corrected chi connectivity index (χ1v) is 6.60. The zero-order chi connectivity index (χ0) is 15.8. The molecular weight excluding hydrogens is 274 g/mol. The fraction of sp³-hybridized carbons (Fsp3) is 0.333. The molecule has 0 atom stereocenters. The van der Waals surface area contributed by atoms with Gasteiger partial charge >= 0.3 is 5.97 Å². The topological polar surface area (TPSA) is 86.5 Å². The van der Waals surface area contributed by atoms with Gasteiger partial charge in [0.2, 0.25) is 0 Å². The van der Waals surface area contributed by atoms with Crippen LogP contribution in [0, 0.1) is 10.1 Å². The molecule has 6 nitrogen and oxygen atoms in total. The van der Waals surface area contributed by atoms with E-state index < -0.39 is 16.7 Å². The van der Waals surface area contributed by atoms with Gasteiger partial charge in [0.1, 0.15) is 5.57 Å². The minimum absolute atomic E-state index is 0.169. The molecule has 0 radical (unpaired) electrons. The molecule has 0 aromatic heterocycles. The minimum atomic E-state index is -0.755. The highest BCUT2D eigenvalue weighted by atomic mass is 16.6. The van der Waals surface area contributed by atoms with Crippen LogP contribution in [0.15, 0.2) is 29.8 Å². The Hall–Kier alpha value is -2.50. The predicted molar refractivity (Wildman–Crippen MR) is 77.6 cm³/mol. The van der Waals surface area contributed by atoms with Crippen molar-refractivity contribution < 1.29 is 19.2 Å². The van der Waals surface area contributed by atoms with Crippen LogP contribution in [0.1, 0.15) is 32.3 Å². The molecule has 21 heavy (non-hydrogen) atoms. The quantitative estimate of drug-likeness (QED) is 0.147. The normalized spacial score (nSPS) is 11.0. The Kier molecular flexibility index (Phi) is 6.26. The maximum atomic E-state index is 11.9. The smallest absolute Gasteiger partial charge is 0.341 e. The minimum Gasteiger partial charge on any atom is -0.462 e. The fourth-order valence-electron chi connectivity index (χ4n) is 1.62. The number of rotatable bonds is 7. The molecule has 1 rings (SSSR count). The first-order valence-electron chi connectivity index (χ1n) is 6.60. The number of para-hydroxylation sites is 1. The molecule has 0 bridgehead atoms. The zero-order valence-corrected chi connectivity index (χ0v) is 12.0. The van der Waals surface area contributed by atoms with E-state index in [1.165, 1.54) is 31.2 Å². The highest BCUT2D eigenvalue weighted by Gasteiger charge is 2.19. The second-order valence-corrected chi connectivity index (χ2v) is 4.42. The summed E-state index contributed by atoms with van der Waals surface area (Å²) in [5.41, 5.74) is -0.168. The third-order valence-corrected chi connectivity index (χ3v) is 2.76. The highest BCUT2D eigenvalue weighted by molar-refractivity contribution is 6.20. The van der Waals surface area contributed by atoms with Gasteiger partial charge in [0.05, 0.1) is 17.1 Å². The number of nitrogens with zero attached hydrogens (tertiary/aromatic N) is 1. The van der Waals surface area contributed by atoms with Crippen LogP contribution in [0.3, 0.4) is 0 Å². The molecule has 0 fully saturated rings. The van der Waals surface area contributed by atoms with E-state index in [4.69, 9.17) is 4.74 Å². The van der Waals surface area contributed by atoms with E-state index in [0.717, 1.165) is 6.42 Å². The number of ether oxygens (including phenoxy) is 1. The van der Waals surface area contributed by atoms with Crippen LogP contribution in [0.25, 0.3) is 6.08 Å². The summed E-state index contributed by atoms with van der Waals surface area (Å²) in [6.45, 7) is 3.39. The zero-order valence-electron chi connectivity index (χ0n) is 12.0. The lowest BCUT2D eigenvalue weighted by Gasteiger charge is -2.05. The molecule has 1 aromatic carbocycles. The Morgan fingerprint density at radius 3 is 2.57 bits per heavy atom. The highest BCUT2D eigenvalue weighted by Crippen LogP contribution is 2.21. The van der Waals surface area contributed by atoms with Gasteiger partial charge in [-0.2, -0.15) is 0 Å². The standard InChI is InChI=1S/C15H17NO5/c1-3-4-9-21-15(18)13(11(2)17)10-12-7-5-6-8-14(12)16(19)20/h5-8,10H,3-4,9H2,1-2H3. The number of unbranched alkanes of at least 4 members (excludes halogenated alkanes) is 1. The van der Waals surface area contributed by atoms with Crippen molar-refractivity contribution in [3.8, 4) is 0 Å². The Morgan fingerprint density at radius 1 is 1.33 bits per heavy atom. The van der Waals surface area contributed by atoms with Crippen LogP contribution in [-0.2, 0) is 14.3 Å². The molecule has 0 amide bonds. The maximum Gasteiger partial charge on any atom is 0.341 e. The second kappa shape index (κ2) is 7.94. The van der Waals surface area contributed by atoms with E-state index >= 15 is 0 Å². The molecule has 6 heteroatoms. The molecule has 0 aliphatic heterocycles. The molecule has 0 N–H and O–H groups in total. The van der Waals surface area contributed by atoms with E-state index in [2.05, 4.69) is 0 Å². The van der Waals surface area contributed by atoms with E-state index in [1.807, 2.05) is 6.92 Å². The summed E-state index contributed by atoms with van der Waals surface area (Å²) in [6, 6.07) is 5.90. The lowest BCUT2D eigenvalue weighted by molar-refractivity contribution is -0.385. The number of ketones is 1. The molecule has 0 aliphatic rings. The summed E-state index contributed by atoms with van der Waals surface area (Å²) in [6.07, 6.45) is 2.76. The largest absolute Gasteiger partial charge is 0.462 e. The number of nitro groups is 1. The molecular formula is C15H17NO5. The van der Waals surface area contributed by atoms with Gasteiger partial charge in [-0.15, -0.1) is 0 Å². The Balaban J connectivity index is 3.08. The molecule has 0 aliphatic carbocycles. The van der Waals surface area contributed by atoms with Gasteiger partial charge < -0.3 is 4.74 Å². The number of benzene rings is 1. The van der Waals surface area contributed by atoms with Crippen molar-refractivity contribution in [2.24, 2.45) is 0 Å². The van der Waals surface area contributed by atoms with Crippen LogP contribution in [-0.4, -0.2) is 23.3 Å². The summed E-state index contributed by atoms with van der Waals surface area (Å²) in [7, 11) is 0. The van der Waals surface area contributed by atoms with Crippen molar-refractivity contribution in [1.29, 1.82) is 0 Å². The van der Waals surface area contributed by atoms with Crippen molar-refractivity contribution in [1.82, 2.24) is 0 Å². The number of carbonyl (C=O) groups excluding carboxylic acids is 2. The molecule has 0 heterocycles. The summed E-state index contributed by atoms with van der Waals surface area (Å²) in [4.78, 5) is 33.8. The van der Waals surface area contributed by atoms with E-state index in [9.17, 15) is 19.7 Å². The van der Waals surface area contributed by atoms with Crippen LogP contribution < -0.4 is 0 Å². The third kappa shape index (κ3) is 4.83. The molecule has 1 aromatic rings. The van der Waals surface area contributed by atoms with Gasteiger partial charge in [0.15, 0.2) is 5.78 Å². The fourth-order valence-corrected chi connectivity index (χ4v) is 1.62. The van der Waals surface area contributed by atoms with Gasteiger partial charge in [0.25, 0.3) is 5.69 Å². The number of hydrogen-bond acceptors (Lipinski definition) is 5. The summed E-state index contributed by atoms with van der Waals surface area (Å²) in [5.74, 6) is -1.25. The molecule has 0 saturated heterocycles. The summed E-state index contributed by atoms with van der Waals surface area (Å²) >= 11 is 0. The van der Waals surface area contributed by atoms with Crippen molar-refractivity contribution >= 4 is 23.5 Å². The van der Waals surface area contributed by atoms with Crippen LogP contribution >= 0.6 is 0 Å². The SMILES string of the molecule is CCCCOC(=O)C(=Cc1ccccc1[N+](=O)[O-])C(C)=O. The van der Waals surface area contributed by atoms with Gasteiger partial charge in [-0.05, 0) is 25.5 Å². The van der Waals surface area contributed by atoms with Crippen molar-refractivity contribution in [2.75, 3.05) is 6.61 Å².